The van der Waals surface area contributed by atoms with E-state index in [1.54, 1.807) is 0 Å². The molecule has 0 N–H and O–H groups in total. The summed E-state index contributed by atoms with van der Waals surface area (Å²) in [5.41, 5.74) is 1.48. The number of hydrogen-bond donors (Lipinski definition) is 0. The van der Waals surface area contributed by atoms with Gasteiger partial charge < -0.3 is 4.43 Å². The van der Waals surface area contributed by atoms with Crippen LogP contribution in [-0.4, -0.2) is 8.32 Å². The third kappa shape index (κ3) is 9.79. The summed E-state index contributed by atoms with van der Waals surface area (Å²) in [6, 6.07) is 0. The minimum Gasteiger partial charge on any atom is -0.548 e. The Labute approximate surface area is 96.4 Å². The number of allylic oxidation sites excluding steroid dienone is 3. The molecule has 0 fully saturated rings. The van der Waals surface area contributed by atoms with Crippen LogP contribution >= 0.6 is 0 Å². The molecule has 15 heavy (non-hydrogen) atoms. The highest BCUT2D eigenvalue weighted by Gasteiger charge is 2.16. The van der Waals surface area contributed by atoms with Crippen LogP contribution in [0.4, 0.5) is 0 Å². The molecule has 0 bridgehead atoms. The van der Waals surface area contributed by atoms with Gasteiger partial charge in [-0.2, -0.15) is 0 Å². The zero-order chi connectivity index (χ0) is 11.9. The van der Waals surface area contributed by atoms with Crippen molar-refractivity contribution in [3.63, 3.8) is 0 Å². The number of rotatable bonds is 7. The third-order valence-corrected chi connectivity index (χ3v) is 2.91. The zero-order valence-electron chi connectivity index (χ0n) is 11.0. The summed E-state index contributed by atoms with van der Waals surface area (Å²) >= 11 is 0. The topological polar surface area (TPSA) is 9.23 Å². The van der Waals surface area contributed by atoms with Crippen molar-refractivity contribution in [2.24, 2.45) is 0 Å². The summed E-state index contributed by atoms with van der Waals surface area (Å²) in [6.07, 6.45) is 6.78. The molecular formula is C13H26OSi. The molecule has 0 aliphatic rings. The molecule has 0 amide bonds. The van der Waals surface area contributed by atoms with Gasteiger partial charge in [0.15, 0.2) is 0 Å². The van der Waals surface area contributed by atoms with Crippen molar-refractivity contribution in [3.8, 4) is 0 Å². The third-order valence-electron chi connectivity index (χ3n) is 2.01. The normalized spacial score (nSPS) is 12.7. The van der Waals surface area contributed by atoms with Gasteiger partial charge in [-0.1, -0.05) is 31.6 Å². The smallest absolute Gasteiger partial charge is 0.241 e. The van der Waals surface area contributed by atoms with E-state index in [0.717, 1.165) is 18.6 Å². The predicted molar refractivity (Wildman–Crippen MR) is 71.5 cm³/mol. The molecular weight excluding hydrogens is 200 g/mol. The van der Waals surface area contributed by atoms with Crippen molar-refractivity contribution in [3.05, 3.63) is 24.0 Å². The van der Waals surface area contributed by atoms with E-state index in [0.29, 0.717) is 0 Å². The number of hydrogen-bond acceptors (Lipinski definition) is 1. The SMILES string of the molecule is C=C(CC/C=C(\C)CCC)O[Si](C)(C)C. The monoisotopic (exact) mass is 226 g/mol. The summed E-state index contributed by atoms with van der Waals surface area (Å²) in [4.78, 5) is 0. The fourth-order valence-corrected chi connectivity index (χ4v) is 2.43. The maximum atomic E-state index is 5.79. The second-order valence-electron chi connectivity index (χ2n) is 5.09. The van der Waals surface area contributed by atoms with Gasteiger partial charge >= 0.3 is 0 Å². The van der Waals surface area contributed by atoms with Gasteiger partial charge in [-0.3, -0.25) is 0 Å². The largest absolute Gasteiger partial charge is 0.548 e. The van der Waals surface area contributed by atoms with Crippen LogP contribution in [0.3, 0.4) is 0 Å². The van der Waals surface area contributed by atoms with E-state index in [1.165, 1.54) is 18.4 Å². The van der Waals surface area contributed by atoms with Gasteiger partial charge in [0.2, 0.25) is 8.32 Å². The van der Waals surface area contributed by atoms with Crippen molar-refractivity contribution in [2.75, 3.05) is 0 Å². The van der Waals surface area contributed by atoms with Crippen molar-refractivity contribution in [1.82, 2.24) is 0 Å². The predicted octanol–water partition coefficient (Wildman–Crippen LogP) is 4.88. The Balaban J connectivity index is 3.77. The molecule has 88 valence electrons. The maximum absolute atomic E-state index is 5.79. The molecule has 0 radical (unpaired) electrons. The van der Waals surface area contributed by atoms with Crippen LogP contribution in [0.15, 0.2) is 24.0 Å². The van der Waals surface area contributed by atoms with Gasteiger partial charge in [0, 0.05) is 6.42 Å². The first-order chi connectivity index (χ1) is 6.85. The highest BCUT2D eigenvalue weighted by atomic mass is 28.4. The van der Waals surface area contributed by atoms with E-state index in [-0.39, 0.29) is 0 Å². The molecule has 2 heteroatoms. The van der Waals surface area contributed by atoms with Crippen LogP contribution in [0.1, 0.15) is 39.5 Å². The lowest BCUT2D eigenvalue weighted by Crippen LogP contribution is -2.24. The molecule has 0 atom stereocenters. The average Bonchev–Trinajstić information content (AvgIpc) is 2.00. The summed E-state index contributed by atoms with van der Waals surface area (Å²) in [5, 5.41) is 0. The molecule has 0 saturated carbocycles. The Hall–Kier alpha value is -0.503. The zero-order valence-corrected chi connectivity index (χ0v) is 12.0. The maximum Gasteiger partial charge on any atom is 0.241 e. The highest BCUT2D eigenvalue weighted by molar-refractivity contribution is 6.70. The van der Waals surface area contributed by atoms with Crippen molar-refractivity contribution < 1.29 is 4.43 Å². The van der Waals surface area contributed by atoms with E-state index in [4.69, 9.17) is 4.43 Å². The van der Waals surface area contributed by atoms with E-state index in [2.05, 4.69) is 46.1 Å². The summed E-state index contributed by atoms with van der Waals surface area (Å²) in [5.74, 6) is 0.953. The molecule has 0 saturated heterocycles. The molecule has 0 heterocycles. The van der Waals surface area contributed by atoms with E-state index in [1.807, 2.05) is 0 Å². The first-order valence-corrected chi connectivity index (χ1v) is 9.28. The second-order valence-corrected chi connectivity index (χ2v) is 9.52. The Morgan fingerprint density at radius 1 is 1.27 bits per heavy atom. The van der Waals surface area contributed by atoms with Crippen LogP contribution in [0.25, 0.3) is 0 Å². The summed E-state index contributed by atoms with van der Waals surface area (Å²) in [6.45, 7) is 15.0. The fourth-order valence-electron chi connectivity index (χ4n) is 1.46. The van der Waals surface area contributed by atoms with Crippen LogP contribution in [0.5, 0.6) is 0 Å². The Morgan fingerprint density at radius 2 is 1.87 bits per heavy atom. The van der Waals surface area contributed by atoms with Gasteiger partial charge in [0.25, 0.3) is 0 Å². The molecule has 0 aromatic carbocycles. The molecule has 0 spiro atoms. The van der Waals surface area contributed by atoms with Crippen molar-refractivity contribution in [2.45, 2.75) is 59.2 Å². The van der Waals surface area contributed by atoms with Crippen LogP contribution in [0, 0.1) is 0 Å². The van der Waals surface area contributed by atoms with Crippen LogP contribution < -0.4 is 0 Å². The van der Waals surface area contributed by atoms with Crippen molar-refractivity contribution in [1.29, 1.82) is 0 Å². The van der Waals surface area contributed by atoms with E-state index >= 15 is 0 Å². The first kappa shape index (κ1) is 14.5. The van der Waals surface area contributed by atoms with E-state index in [9.17, 15) is 0 Å². The summed E-state index contributed by atoms with van der Waals surface area (Å²) in [7, 11) is -1.43. The molecule has 1 nitrogen and oxygen atoms in total. The average molecular weight is 226 g/mol. The van der Waals surface area contributed by atoms with Gasteiger partial charge in [0.05, 0.1) is 5.76 Å². The van der Waals surface area contributed by atoms with E-state index < -0.39 is 8.32 Å². The van der Waals surface area contributed by atoms with Crippen LogP contribution in [0.2, 0.25) is 19.6 Å². The molecule has 0 unspecified atom stereocenters. The molecule has 0 rings (SSSR count). The highest BCUT2D eigenvalue weighted by Crippen LogP contribution is 2.14. The molecule has 0 aromatic heterocycles. The molecule has 0 aliphatic carbocycles. The van der Waals surface area contributed by atoms with Gasteiger partial charge in [-0.15, -0.1) is 0 Å². The fraction of sp³-hybridized carbons (Fsp3) is 0.692. The van der Waals surface area contributed by atoms with Crippen LogP contribution in [-0.2, 0) is 4.43 Å². The van der Waals surface area contributed by atoms with Gasteiger partial charge in [-0.05, 0) is 39.4 Å². The minimum atomic E-state index is -1.43. The van der Waals surface area contributed by atoms with Gasteiger partial charge in [0.1, 0.15) is 0 Å². The first-order valence-electron chi connectivity index (χ1n) is 5.87. The minimum absolute atomic E-state index is 0.953. The standard InChI is InChI=1S/C13H26OSi/c1-7-9-12(2)10-8-11-13(3)14-15(4,5)6/h10H,3,7-9,11H2,1-2,4-6H3/b12-10+. The molecule has 0 aromatic rings. The van der Waals surface area contributed by atoms with Gasteiger partial charge in [-0.25, -0.2) is 0 Å². The molecule has 0 aliphatic heterocycles. The lowest BCUT2D eigenvalue weighted by atomic mass is 10.1. The Bertz CT molecular complexity index is 223. The quantitative estimate of drug-likeness (QED) is 0.341. The Kier molecular flexibility index (Phi) is 6.65. The second kappa shape index (κ2) is 6.89. The lowest BCUT2D eigenvalue weighted by Gasteiger charge is -2.20. The Morgan fingerprint density at radius 3 is 2.33 bits per heavy atom. The van der Waals surface area contributed by atoms with Crippen molar-refractivity contribution >= 4 is 8.32 Å². The lowest BCUT2D eigenvalue weighted by molar-refractivity contribution is 0.403. The summed E-state index contributed by atoms with van der Waals surface area (Å²) < 4.78 is 5.79.